The molecule has 1 amide bonds. The minimum Gasteiger partial charge on any atom is -0.462 e. The zero-order chi connectivity index (χ0) is 21.8. The van der Waals surface area contributed by atoms with E-state index in [0.29, 0.717) is 16.8 Å². The van der Waals surface area contributed by atoms with E-state index in [-0.39, 0.29) is 41.9 Å². The molecule has 8 nitrogen and oxygen atoms in total. The van der Waals surface area contributed by atoms with Gasteiger partial charge >= 0.3 is 5.97 Å². The van der Waals surface area contributed by atoms with E-state index in [1.54, 1.807) is 60.1 Å². The number of nitrogens with one attached hydrogen (secondary N) is 1. The van der Waals surface area contributed by atoms with E-state index in [2.05, 4.69) is 10.3 Å². The molecule has 0 saturated heterocycles. The smallest absolute Gasteiger partial charge is 0.340 e. The van der Waals surface area contributed by atoms with Gasteiger partial charge in [-0.2, -0.15) is 0 Å². The minimum absolute atomic E-state index is 0.182. The topological polar surface area (TPSA) is 103 Å². The van der Waals surface area contributed by atoms with Crippen molar-refractivity contribution < 1.29 is 23.5 Å². The van der Waals surface area contributed by atoms with Crippen LogP contribution in [0.1, 0.15) is 49.6 Å². The van der Waals surface area contributed by atoms with Gasteiger partial charge in [0.05, 0.1) is 36.2 Å². The Morgan fingerprint density at radius 2 is 2.00 bits per heavy atom. The summed E-state index contributed by atoms with van der Waals surface area (Å²) >= 11 is 0. The molecule has 0 bridgehead atoms. The molecule has 4 heterocycles. The second kappa shape index (κ2) is 8.66. The van der Waals surface area contributed by atoms with Crippen LogP contribution in [-0.4, -0.2) is 33.7 Å². The zero-order valence-corrected chi connectivity index (χ0v) is 16.7. The van der Waals surface area contributed by atoms with Gasteiger partial charge in [-0.25, -0.2) is 4.79 Å². The summed E-state index contributed by atoms with van der Waals surface area (Å²) in [6, 6.07) is 13.2. The number of amides is 1. The van der Waals surface area contributed by atoms with Crippen LogP contribution in [0.4, 0.5) is 0 Å². The van der Waals surface area contributed by atoms with E-state index in [9.17, 15) is 14.4 Å². The van der Waals surface area contributed by atoms with Crippen LogP contribution in [0.25, 0.3) is 5.52 Å². The first-order chi connectivity index (χ1) is 15.1. The Bertz CT molecular complexity index is 1240. The molecule has 0 fully saturated rings. The number of nitrogens with zero attached hydrogens (tertiary/aromatic N) is 2. The first-order valence-corrected chi connectivity index (χ1v) is 9.67. The third-order valence-corrected chi connectivity index (χ3v) is 4.66. The maximum absolute atomic E-state index is 12.8. The Morgan fingerprint density at radius 3 is 2.71 bits per heavy atom. The monoisotopic (exact) mass is 417 g/mol. The van der Waals surface area contributed by atoms with Crippen LogP contribution in [0.15, 0.2) is 71.6 Å². The highest BCUT2D eigenvalue weighted by molar-refractivity contribution is 6.09. The molecular formula is C23H19N3O5. The van der Waals surface area contributed by atoms with Gasteiger partial charge < -0.3 is 18.9 Å². The summed E-state index contributed by atoms with van der Waals surface area (Å²) in [5.41, 5.74) is 1.85. The Morgan fingerprint density at radius 1 is 1.13 bits per heavy atom. The fraction of sp³-hybridized carbons (Fsp3) is 0.130. The second-order valence-electron chi connectivity index (χ2n) is 6.64. The largest absolute Gasteiger partial charge is 0.462 e. The zero-order valence-electron chi connectivity index (χ0n) is 16.7. The summed E-state index contributed by atoms with van der Waals surface area (Å²) in [4.78, 5) is 42.2. The normalized spacial score (nSPS) is 10.7. The molecule has 0 saturated carbocycles. The lowest BCUT2D eigenvalue weighted by Crippen LogP contribution is -2.24. The van der Waals surface area contributed by atoms with Gasteiger partial charge in [-0.05, 0) is 49.4 Å². The summed E-state index contributed by atoms with van der Waals surface area (Å²) in [5.74, 6) is -1.11. The van der Waals surface area contributed by atoms with Gasteiger partial charge in [0, 0.05) is 18.0 Å². The summed E-state index contributed by atoms with van der Waals surface area (Å²) in [6.45, 7) is 2.11. The third kappa shape index (κ3) is 4.09. The van der Waals surface area contributed by atoms with Gasteiger partial charge in [0.2, 0.25) is 5.78 Å². The Balaban J connectivity index is 1.71. The van der Waals surface area contributed by atoms with E-state index in [1.807, 2.05) is 6.07 Å². The van der Waals surface area contributed by atoms with Gasteiger partial charge in [0.1, 0.15) is 5.69 Å². The molecule has 4 rings (SSSR count). The number of hydrogen-bond donors (Lipinski definition) is 1. The quantitative estimate of drug-likeness (QED) is 0.366. The minimum atomic E-state index is -0.577. The lowest BCUT2D eigenvalue weighted by molar-refractivity contribution is 0.0528. The van der Waals surface area contributed by atoms with E-state index in [4.69, 9.17) is 9.15 Å². The number of aromatic nitrogens is 2. The standard InChI is InChI=1S/C23H19N3O5/c1-2-30-23(29)17-13-19(22(28)25-14-16-6-3-4-9-24-16)26-10-8-15(12-18(17)26)21(27)20-7-5-11-31-20/h3-13H,2,14H2,1H3,(H,25,28). The fourth-order valence-electron chi connectivity index (χ4n) is 3.20. The SMILES string of the molecule is CCOC(=O)c1cc(C(=O)NCc2ccccn2)n2ccc(C(=O)c3ccco3)cc12. The molecule has 4 aromatic rings. The summed E-state index contributed by atoms with van der Waals surface area (Å²) in [6.07, 6.45) is 4.63. The van der Waals surface area contributed by atoms with Crippen molar-refractivity contribution in [1.82, 2.24) is 14.7 Å². The predicted molar refractivity (Wildman–Crippen MR) is 111 cm³/mol. The van der Waals surface area contributed by atoms with Crippen LogP contribution >= 0.6 is 0 Å². The first kappa shape index (κ1) is 20.1. The number of carbonyl (C=O) groups is 3. The highest BCUT2D eigenvalue weighted by Gasteiger charge is 2.22. The van der Waals surface area contributed by atoms with Crippen molar-refractivity contribution in [1.29, 1.82) is 0 Å². The Kier molecular flexibility index (Phi) is 5.61. The van der Waals surface area contributed by atoms with Crippen LogP contribution in [0.5, 0.6) is 0 Å². The average Bonchev–Trinajstić information content (AvgIpc) is 3.46. The van der Waals surface area contributed by atoms with Gasteiger partial charge in [-0.3, -0.25) is 14.6 Å². The molecule has 0 atom stereocenters. The number of ketones is 1. The van der Waals surface area contributed by atoms with Crippen molar-refractivity contribution >= 4 is 23.2 Å². The predicted octanol–water partition coefficient (Wildman–Crippen LogP) is 3.27. The van der Waals surface area contributed by atoms with Gasteiger partial charge in [-0.15, -0.1) is 0 Å². The van der Waals surface area contributed by atoms with Crippen LogP contribution in [0, 0.1) is 0 Å². The molecule has 0 spiro atoms. The number of pyridine rings is 2. The van der Waals surface area contributed by atoms with E-state index < -0.39 is 5.97 Å². The first-order valence-electron chi connectivity index (χ1n) is 9.67. The van der Waals surface area contributed by atoms with Crippen molar-refractivity contribution in [3.05, 3.63) is 95.5 Å². The van der Waals surface area contributed by atoms with Crippen molar-refractivity contribution in [2.24, 2.45) is 0 Å². The van der Waals surface area contributed by atoms with Gasteiger partial charge in [-0.1, -0.05) is 6.07 Å². The maximum Gasteiger partial charge on any atom is 0.340 e. The number of fused-ring (bicyclic) bond motifs is 1. The van der Waals surface area contributed by atoms with Crippen LogP contribution in [-0.2, 0) is 11.3 Å². The number of furan rings is 1. The molecule has 156 valence electrons. The summed E-state index contributed by atoms with van der Waals surface area (Å²) in [5, 5.41) is 2.80. The molecular weight excluding hydrogens is 398 g/mol. The molecule has 4 aromatic heterocycles. The number of esters is 1. The van der Waals surface area contributed by atoms with Crippen molar-refractivity contribution in [3.63, 3.8) is 0 Å². The molecule has 0 aromatic carbocycles. The molecule has 0 aliphatic heterocycles. The number of rotatable bonds is 7. The maximum atomic E-state index is 12.8. The van der Waals surface area contributed by atoms with Crippen molar-refractivity contribution in [2.45, 2.75) is 13.5 Å². The lowest BCUT2D eigenvalue weighted by Gasteiger charge is -2.06. The van der Waals surface area contributed by atoms with E-state index in [0.717, 1.165) is 0 Å². The summed E-state index contributed by atoms with van der Waals surface area (Å²) in [7, 11) is 0. The number of hydrogen-bond acceptors (Lipinski definition) is 6. The Labute approximate surface area is 177 Å². The molecule has 31 heavy (non-hydrogen) atoms. The highest BCUT2D eigenvalue weighted by atomic mass is 16.5. The van der Waals surface area contributed by atoms with Crippen LogP contribution in [0.3, 0.4) is 0 Å². The van der Waals surface area contributed by atoms with Crippen LogP contribution in [0.2, 0.25) is 0 Å². The van der Waals surface area contributed by atoms with Crippen molar-refractivity contribution in [2.75, 3.05) is 6.61 Å². The van der Waals surface area contributed by atoms with Crippen LogP contribution < -0.4 is 5.32 Å². The number of ether oxygens (including phenoxy) is 1. The third-order valence-electron chi connectivity index (χ3n) is 4.66. The fourth-order valence-corrected chi connectivity index (χ4v) is 3.20. The molecule has 0 radical (unpaired) electrons. The number of carbonyl (C=O) groups excluding carboxylic acids is 3. The molecule has 1 N–H and O–H groups in total. The average molecular weight is 417 g/mol. The lowest BCUT2D eigenvalue weighted by atomic mass is 10.1. The second-order valence-corrected chi connectivity index (χ2v) is 6.64. The Hall–Kier alpha value is -4.20. The molecule has 8 heteroatoms. The highest BCUT2D eigenvalue weighted by Crippen LogP contribution is 2.22. The molecule has 0 unspecified atom stereocenters. The van der Waals surface area contributed by atoms with E-state index >= 15 is 0 Å². The van der Waals surface area contributed by atoms with Gasteiger partial charge in [0.15, 0.2) is 5.76 Å². The van der Waals surface area contributed by atoms with E-state index in [1.165, 1.54) is 12.3 Å². The van der Waals surface area contributed by atoms with Gasteiger partial charge in [0.25, 0.3) is 5.91 Å². The molecule has 0 aliphatic carbocycles. The molecule has 0 aliphatic rings. The summed E-state index contributed by atoms with van der Waals surface area (Å²) < 4.78 is 11.9. The van der Waals surface area contributed by atoms with Crippen molar-refractivity contribution in [3.8, 4) is 0 Å².